The van der Waals surface area contributed by atoms with E-state index in [2.05, 4.69) is 15.5 Å². The Balaban J connectivity index is 2.06. The number of nitrogens with one attached hydrogen (secondary N) is 2. The summed E-state index contributed by atoms with van der Waals surface area (Å²) >= 11 is 0. The topological polar surface area (TPSA) is 40.7 Å². The molecule has 3 rings (SSSR count). The number of fused-ring (bicyclic) bond motifs is 1. The molecule has 0 atom stereocenters. The maximum atomic E-state index is 13.2. The van der Waals surface area contributed by atoms with Crippen LogP contribution in [0.5, 0.6) is 0 Å². The number of hydrogen-bond donors (Lipinski definition) is 2. The summed E-state index contributed by atoms with van der Waals surface area (Å²) in [5.41, 5.74) is 2.98. The Morgan fingerprint density at radius 2 is 2.18 bits per heavy atom. The van der Waals surface area contributed by atoms with Gasteiger partial charge in [-0.25, -0.2) is 4.39 Å². The molecule has 0 saturated heterocycles. The molecule has 17 heavy (non-hydrogen) atoms. The van der Waals surface area contributed by atoms with Crippen molar-refractivity contribution in [3.63, 3.8) is 0 Å². The molecule has 0 unspecified atom stereocenters. The van der Waals surface area contributed by atoms with Gasteiger partial charge in [0.25, 0.3) is 0 Å². The predicted molar refractivity (Wildman–Crippen MR) is 65.4 cm³/mol. The van der Waals surface area contributed by atoms with Crippen molar-refractivity contribution in [1.82, 2.24) is 10.2 Å². The van der Waals surface area contributed by atoms with E-state index in [9.17, 15) is 4.39 Å². The number of halogens is 1. The predicted octanol–water partition coefficient (Wildman–Crippen LogP) is 2.96. The molecule has 0 aliphatic carbocycles. The van der Waals surface area contributed by atoms with E-state index in [0.29, 0.717) is 0 Å². The fraction of sp³-hybridized carbons (Fsp3) is 0.308. The van der Waals surface area contributed by atoms with Gasteiger partial charge in [-0.1, -0.05) is 12.1 Å². The standard InChI is InChI=1S/C13H14FN3/c14-10-5-3-4-9(8-10)12-11-6-1-2-7-15-13(11)17-16-12/h3-5,8H,1-2,6-7H2,(H2,15,16,17). The summed E-state index contributed by atoms with van der Waals surface area (Å²) in [5, 5.41) is 10.6. The maximum Gasteiger partial charge on any atom is 0.151 e. The van der Waals surface area contributed by atoms with Gasteiger partial charge in [0.2, 0.25) is 0 Å². The normalized spacial score (nSPS) is 14.9. The highest BCUT2D eigenvalue weighted by Gasteiger charge is 2.16. The van der Waals surface area contributed by atoms with Crippen molar-refractivity contribution in [2.45, 2.75) is 19.3 Å². The number of H-pyrrole nitrogens is 1. The van der Waals surface area contributed by atoms with Crippen molar-refractivity contribution in [3.8, 4) is 11.3 Å². The Kier molecular flexibility index (Phi) is 2.55. The molecule has 4 heteroatoms. The summed E-state index contributed by atoms with van der Waals surface area (Å²) in [4.78, 5) is 0. The minimum absolute atomic E-state index is 0.215. The van der Waals surface area contributed by atoms with Gasteiger partial charge >= 0.3 is 0 Å². The zero-order valence-corrected chi connectivity index (χ0v) is 9.46. The van der Waals surface area contributed by atoms with Gasteiger partial charge in [-0.05, 0) is 31.4 Å². The smallest absolute Gasteiger partial charge is 0.151 e. The first-order valence-corrected chi connectivity index (χ1v) is 5.91. The van der Waals surface area contributed by atoms with Gasteiger partial charge in [0.05, 0.1) is 5.69 Å². The highest BCUT2D eigenvalue weighted by atomic mass is 19.1. The molecule has 0 fully saturated rings. The van der Waals surface area contributed by atoms with Crippen molar-refractivity contribution in [3.05, 3.63) is 35.6 Å². The molecule has 0 saturated carbocycles. The molecule has 1 aliphatic rings. The highest BCUT2D eigenvalue weighted by Crippen LogP contribution is 2.30. The second kappa shape index (κ2) is 4.20. The highest BCUT2D eigenvalue weighted by molar-refractivity contribution is 5.69. The van der Waals surface area contributed by atoms with Crippen LogP contribution in [0.1, 0.15) is 18.4 Å². The third-order valence-electron chi connectivity index (χ3n) is 3.13. The second-order valence-electron chi connectivity index (χ2n) is 4.32. The van der Waals surface area contributed by atoms with Crippen LogP contribution >= 0.6 is 0 Å². The molecule has 1 aromatic heterocycles. The van der Waals surface area contributed by atoms with Crippen LogP contribution in [0.15, 0.2) is 24.3 Å². The Morgan fingerprint density at radius 1 is 1.24 bits per heavy atom. The quantitative estimate of drug-likeness (QED) is 0.792. The molecule has 2 N–H and O–H groups in total. The van der Waals surface area contributed by atoms with E-state index in [0.717, 1.165) is 42.9 Å². The lowest BCUT2D eigenvalue weighted by atomic mass is 10.0. The Hall–Kier alpha value is -1.84. The van der Waals surface area contributed by atoms with Crippen molar-refractivity contribution < 1.29 is 4.39 Å². The van der Waals surface area contributed by atoms with Crippen molar-refractivity contribution in [2.75, 3.05) is 11.9 Å². The average Bonchev–Trinajstić information content (AvgIpc) is 2.59. The molecule has 0 amide bonds. The van der Waals surface area contributed by atoms with Crippen LogP contribution < -0.4 is 5.32 Å². The summed E-state index contributed by atoms with van der Waals surface area (Å²) in [7, 11) is 0. The average molecular weight is 231 g/mol. The van der Waals surface area contributed by atoms with Crippen LogP contribution in [0.4, 0.5) is 10.2 Å². The lowest BCUT2D eigenvalue weighted by Gasteiger charge is -2.02. The first kappa shape index (κ1) is 10.3. The molecule has 1 aromatic carbocycles. The minimum atomic E-state index is -0.215. The van der Waals surface area contributed by atoms with Crippen LogP contribution in [0.25, 0.3) is 11.3 Å². The molecule has 0 bridgehead atoms. The van der Waals surface area contributed by atoms with Gasteiger partial charge in [-0.15, -0.1) is 0 Å². The first-order chi connectivity index (χ1) is 8.34. The fourth-order valence-corrected chi connectivity index (χ4v) is 2.27. The molecule has 1 aliphatic heterocycles. The zero-order valence-electron chi connectivity index (χ0n) is 9.46. The third kappa shape index (κ3) is 1.90. The number of hydrogen-bond acceptors (Lipinski definition) is 2. The molecule has 88 valence electrons. The summed E-state index contributed by atoms with van der Waals surface area (Å²) < 4.78 is 13.2. The van der Waals surface area contributed by atoms with Gasteiger partial charge in [-0.2, -0.15) is 5.10 Å². The molecule has 2 heterocycles. The number of anilines is 1. The van der Waals surface area contributed by atoms with Crippen LogP contribution in [-0.2, 0) is 6.42 Å². The Bertz CT molecular complexity index is 533. The van der Waals surface area contributed by atoms with Crippen molar-refractivity contribution >= 4 is 5.82 Å². The lowest BCUT2D eigenvalue weighted by molar-refractivity contribution is 0.628. The van der Waals surface area contributed by atoms with Gasteiger partial charge in [-0.3, -0.25) is 5.10 Å². The van der Waals surface area contributed by atoms with E-state index in [4.69, 9.17) is 0 Å². The number of aromatic nitrogens is 2. The summed E-state index contributed by atoms with van der Waals surface area (Å²) in [6, 6.07) is 6.62. The van der Waals surface area contributed by atoms with E-state index >= 15 is 0 Å². The summed E-state index contributed by atoms with van der Waals surface area (Å²) in [6.45, 7) is 0.959. The SMILES string of the molecule is Fc1cccc(-c2[nH]nc3c2CCCCN3)c1. The molecule has 0 radical (unpaired) electrons. The van der Waals surface area contributed by atoms with Gasteiger partial charge in [0, 0.05) is 17.7 Å². The number of benzene rings is 1. The zero-order chi connectivity index (χ0) is 11.7. The summed E-state index contributed by atoms with van der Waals surface area (Å²) in [6.07, 6.45) is 3.28. The van der Waals surface area contributed by atoms with Crippen molar-refractivity contribution in [2.24, 2.45) is 0 Å². The van der Waals surface area contributed by atoms with Crippen LogP contribution in [0.3, 0.4) is 0 Å². The number of nitrogens with zero attached hydrogens (tertiary/aromatic N) is 1. The largest absolute Gasteiger partial charge is 0.368 e. The van der Waals surface area contributed by atoms with E-state index in [1.54, 1.807) is 12.1 Å². The molecule has 2 aromatic rings. The van der Waals surface area contributed by atoms with Gasteiger partial charge in [0.1, 0.15) is 5.82 Å². The third-order valence-corrected chi connectivity index (χ3v) is 3.13. The second-order valence-corrected chi connectivity index (χ2v) is 4.32. The monoisotopic (exact) mass is 231 g/mol. The Morgan fingerprint density at radius 3 is 3.06 bits per heavy atom. The van der Waals surface area contributed by atoms with Crippen LogP contribution in [0, 0.1) is 5.82 Å². The van der Waals surface area contributed by atoms with Crippen LogP contribution in [-0.4, -0.2) is 16.7 Å². The number of aromatic amines is 1. The Labute approximate surface area is 99.1 Å². The van der Waals surface area contributed by atoms with Gasteiger partial charge in [0.15, 0.2) is 5.82 Å². The molecule has 3 nitrogen and oxygen atoms in total. The van der Waals surface area contributed by atoms with E-state index in [-0.39, 0.29) is 5.82 Å². The van der Waals surface area contributed by atoms with E-state index in [1.807, 2.05) is 6.07 Å². The first-order valence-electron chi connectivity index (χ1n) is 5.91. The molecular formula is C13H14FN3. The maximum absolute atomic E-state index is 13.2. The lowest BCUT2D eigenvalue weighted by Crippen LogP contribution is -1.99. The summed E-state index contributed by atoms with van der Waals surface area (Å²) in [5.74, 6) is 0.703. The van der Waals surface area contributed by atoms with Crippen LogP contribution in [0.2, 0.25) is 0 Å². The van der Waals surface area contributed by atoms with Gasteiger partial charge < -0.3 is 5.32 Å². The van der Waals surface area contributed by atoms with Crippen molar-refractivity contribution in [1.29, 1.82) is 0 Å². The number of rotatable bonds is 1. The molecule has 0 spiro atoms. The fourth-order valence-electron chi connectivity index (χ4n) is 2.27. The minimum Gasteiger partial charge on any atom is -0.368 e. The molecular weight excluding hydrogens is 217 g/mol. The van der Waals surface area contributed by atoms with E-state index in [1.165, 1.54) is 11.6 Å². The van der Waals surface area contributed by atoms with E-state index < -0.39 is 0 Å².